The lowest BCUT2D eigenvalue weighted by atomic mass is 10.0. The summed E-state index contributed by atoms with van der Waals surface area (Å²) < 4.78 is 12.6. The number of amides is 4. The highest BCUT2D eigenvalue weighted by atomic mass is 16.5. The van der Waals surface area contributed by atoms with E-state index in [2.05, 4.69) is 31.6 Å². The number of esters is 1. The zero-order valence-electron chi connectivity index (χ0n) is 29.9. The van der Waals surface area contributed by atoms with Gasteiger partial charge < -0.3 is 35.6 Å². The van der Waals surface area contributed by atoms with Crippen molar-refractivity contribution in [3.8, 4) is 5.75 Å². The zero-order valence-corrected chi connectivity index (χ0v) is 29.9. The van der Waals surface area contributed by atoms with E-state index >= 15 is 0 Å². The Labute approximate surface area is 303 Å². The van der Waals surface area contributed by atoms with Crippen molar-refractivity contribution in [2.24, 2.45) is 0 Å². The van der Waals surface area contributed by atoms with Gasteiger partial charge in [-0.3, -0.25) is 19.2 Å². The molecule has 52 heavy (non-hydrogen) atoms. The summed E-state index contributed by atoms with van der Waals surface area (Å²) in [5.74, 6) is -1.79. The number of aryl methyl sites for hydroxylation is 1. The maximum Gasteiger partial charge on any atom is 0.328 e. The largest absolute Gasteiger partial charge is 0.492 e. The van der Waals surface area contributed by atoms with Crippen LogP contribution in [0.15, 0.2) is 60.8 Å². The van der Waals surface area contributed by atoms with Crippen LogP contribution in [-0.4, -0.2) is 107 Å². The Morgan fingerprint density at radius 2 is 1.77 bits per heavy atom. The van der Waals surface area contributed by atoms with E-state index in [1.54, 1.807) is 30.8 Å². The van der Waals surface area contributed by atoms with Gasteiger partial charge in [-0.15, -0.1) is 5.10 Å². The number of nitrogens with zero attached hydrogens (tertiary/aromatic N) is 4. The normalized spacial score (nSPS) is 22.6. The molecule has 1 aromatic heterocycles. The van der Waals surface area contributed by atoms with Crippen LogP contribution in [0, 0.1) is 0 Å². The van der Waals surface area contributed by atoms with Crippen molar-refractivity contribution >= 4 is 29.6 Å². The Balaban J connectivity index is 1.44. The van der Waals surface area contributed by atoms with Gasteiger partial charge in [-0.1, -0.05) is 47.7 Å². The lowest BCUT2D eigenvalue weighted by Gasteiger charge is -2.30. The van der Waals surface area contributed by atoms with E-state index in [1.165, 1.54) is 12.0 Å². The Morgan fingerprint density at radius 3 is 2.50 bits per heavy atom. The highest BCUT2D eigenvalue weighted by Crippen LogP contribution is 2.21. The fourth-order valence-corrected chi connectivity index (χ4v) is 6.39. The van der Waals surface area contributed by atoms with Gasteiger partial charge in [0.25, 0.3) is 0 Å². The molecule has 0 spiro atoms. The summed E-state index contributed by atoms with van der Waals surface area (Å²) >= 11 is 0. The molecule has 3 aliphatic heterocycles. The van der Waals surface area contributed by atoms with Gasteiger partial charge >= 0.3 is 5.97 Å². The topological polar surface area (TPSA) is 186 Å². The van der Waals surface area contributed by atoms with Crippen LogP contribution in [-0.2, 0) is 54.5 Å². The Morgan fingerprint density at radius 1 is 1.00 bits per heavy atom. The van der Waals surface area contributed by atoms with Gasteiger partial charge in [0.15, 0.2) is 0 Å². The molecule has 0 aliphatic carbocycles. The van der Waals surface area contributed by atoms with Crippen molar-refractivity contribution in [2.45, 2.75) is 88.6 Å². The molecule has 15 nitrogen and oxygen atoms in total. The predicted octanol–water partition coefficient (Wildman–Crippen LogP) is 0.705. The fraction of sp³-hybridized carbons (Fsp3) is 0.486. The van der Waals surface area contributed by atoms with Gasteiger partial charge in [-0.25, -0.2) is 9.48 Å². The summed E-state index contributed by atoms with van der Waals surface area (Å²) in [6.45, 7) is 2.80. The average molecular weight is 717 g/mol. The Hall–Kier alpha value is -5.31. The number of carbonyl (C=O) groups excluding carboxylic acids is 5. The van der Waals surface area contributed by atoms with E-state index in [4.69, 9.17) is 9.47 Å². The van der Waals surface area contributed by atoms with E-state index in [9.17, 15) is 24.0 Å². The van der Waals surface area contributed by atoms with Crippen molar-refractivity contribution in [3.05, 3.63) is 77.6 Å². The zero-order chi connectivity index (χ0) is 37.0. The molecule has 1 fully saturated rings. The standard InChI is InChI=1S/C37H48N8O7/c1-24(38-2)33(46)39-29-12-7-11-27-23-44(43-42-27)19-20-52-28-16-14-26(15-17-28)22-31(37(50)51-3)41-34(47)30(21-25-9-5-4-6-10-25)40-35(48)32-13-8-18-45(32)36(29)49/h4-6,9-10,14-17,23-24,29-32,38H,7-8,11-13,18-22H2,1-3H3,(H,39,46)(H,40,48)(H,41,47)/t24-,29-,30-,31-,32-/m0/s1. The van der Waals surface area contributed by atoms with Gasteiger partial charge in [0, 0.05) is 25.6 Å². The molecule has 3 aliphatic rings. The van der Waals surface area contributed by atoms with Crippen molar-refractivity contribution in [2.75, 3.05) is 27.3 Å². The van der Waals surface area contributed by atoms with Crippen LogP contribution in [0.5, 0.6) is 5.75 Å². The highest BCUT2D eigenvalue weighted by Gasteiger charge is 2.39. The number of likely N-dealkylation sites (N-methyl/N-ethyl adjacent to an activating group) is 1. The predicted molar refractivity (Wildman–Crippen MR) is 190 cm³/mol. The molecule has 0 unspecified atom stereocenters. The number of carbonyl (C=O) groups is 5. The van der Waals surface area contributed by atoms with Crippen molar-refractivity contribution in [3.63, 3.8) is 0 Å². The molecule has 0 radical (unpaired) electrons. The number of fused-ring (bicyclic) bond motifs is 14. The van der Waals surface area contributed by atoms with Crippen LogP contribution in [0.4, 0.5) is 0 Å². The fourth-order valence-electron chi connectivity index (χ4n) is 6.39. The monoisotopic (exact) mass is 716 g/mol. The maximum atomic E-state index is 14.1. The summed E-state index contributed by atoms with van der Waals surface area (Å²) in [5.41, 5.74) is 2.29. The summed E-state index contributed by atoms with van der Waals surface area (Å²) in [4.78, 5) is 69.4. The third-order valence-electron chi connectivity index (χ3n) is 9.46. The Bertz CT molecular complexity index is 1680. The molecule has 278 valence electrons. The molecule has 2 aromatic carbocycles. The van der Waals surface area contributed by atoms with Crippen LogP contribution in [0.1, 0.15) is 49.4 Å². The number of nitrogens with one attached hydrogen (secondary N) is 4. The first-order valence-electron chi connectivity index (χ1n) is 17.8. The molecule has 4 bridgehead atoms. The molecular formula is C37H48N8O7. The second-order valence-corrected chi connectivity index (χ2v) is 13.2. The number of hydrogen-bond donors (Lipinski definition) is 4. The quantitative estimate of drug-likeness (QED) is 0.265. The minimum Gasteiger partial charge on any atom is -0.492 e. The second-order valence-electron chi connectivity index (χ2n) is 13.2. The van der Waals surface area contributed by atoms with Crippen LogP contribution in [0.3, 0.4) is 0 Å². The number of ether oxygens (including phenoxy) is 2. The van der Waals surface area contributed by atoms with Gasteiger partial charge in [-0.2, -0.15) is 0 Å². The van der Waals surface area contributed by atoms with E-state index in [-0.39, 0.29) is 24.7 Å². The third-order valence-corrected chi connectivity index (χ3v) is 9.46. The van der Waals surface area contributed by atoms with E-state index in [0.717, 1.165) is 16.8 Å². The molecule has 0 saturated carbocycles. The van der Waals surface area contributed by atoms with Gasteiger partial charge in [0.05, 0.1) is 25.4 Å². The van der Waals surface area contributed by atoms with Crippen LogP contribution in [0.25, 0.3) is 0 Å². The number of aromatic nitrogens is 3. The number of benzene rings is 2. The van der Waals surface area contributed by atoms with Crippen LogP contribution >= 0.6 is 0 Å². The molecule has 4 heterocycles. The first-order chi connectivity index (χ1) is 25.1. The molecule has 1 saturated heterocycles. The summed E-state index contributed by atoms with van der Waals surface area (Å²) in [6.07, 6.45) is 4.43. The minimum atomic E-state index is -1.07. The first kappa shape index (κ1) is 37.9. The van der Waals surface area contributed by atoms with Gasteiger partial charge in [-0.05, 0) is 69.3 Å². The van der Waals surface area contributed by atoms with Crippen LogP contribution in [0.2, 0.25) is 0 Å². The SMILES string of the molecule is CN[C@@H](C)C(=O)N[C@H]1CCCc2cn(nn2)CCOc2ccc(cc2)C[C@@H](C(=O)OC)NC(=O)[C@H](Cc2ccccc2)NC(=O)[C@@H]2CCCN2C1=O. The minimum absolute atomic E-state index is 0.136. The summed E-state index contributed by atoms with van der Waals surface area (Å²) in [5, 5.41) is 19.9. The third kappa shape index (κ3) is 10.1. The molecule has 4 amide bonds. The lowest BCUT2D eigenvalue weighted by molar-refractivity contribution is -0.145. The second kappa shape index (κ2) is 18.3. The number of hydrogen-bond acceptors (Lipinski definition) is 10. The molecule has 15 heteroatoms. The Kier molecular flexibility index (Phi) is 13.3. The van der Waals surface area contributed by atoms with Crippen molar-refractivity contribution in [1.82, 2.24) is 41.2 Å². The smallest absolute Gasteiger partial charge is 0.328 e. The summed E-state index contributed by atoms with van der Waals surface area (Å²) in [7, 11) is 2.91. The molecule has 3 aromatic rings. The maximum absolute atomic E-state index is 14.1. The van der Waals surface area contributed by atoms with Crippen molar-refractivity contribution in [1.29, 1.82) is 0 Å². The van der Waals surface area contributed by atoms with Crippen molar-refractivity contribution < 1.29 is 33.4 Å². The molecule has 5 atom stereocenters. The van der Waals surface area contributed by atoms with E-state index < -0.39 is 48.0 Å². The van der Waals surface area contributed by atoms with Crippen LogP contribution < -0.4 is 26.0 Å². The average Bonchev–Trinajstić information content (AvgIpc) is 3.84. The first-order valence-corrected chi connectivity index (χ1v) is 17.8. The van der Waals surface area contributed by atoms with E-state index in [0.29, 0.717) is 57.6 Å². The van der Waals surface area contributed by atoms with Gasteiger partial charge in [0.2, 0.25) is 23.6 Å². The molecular weight excluding hydrogens is 668 g/mol. The lowest BCUT2D eigenvalue weighted by Crippen LogP contribution is -2.58. The van der Waals surface area contributed by atoms with E-state index in [1.807, 2.05) is 48.7 Å². The number of methoxy groups -OCH3 is 1. The molecule has 6 rings (SSSR count). The van der Waals surface area contributed by atoms with Gasteiger partial charge in [0.1, 0.15) is 36.5 Å². The summed E-state index contributed by atoms with van der Waals surface area (Å²) in [6, 6.07) is 12.0. The highest BCUT2D eigenvalue weighted by molar-refractivity contribution is 5.96. The molecule has 4 N–H and O–H groups in total. The number of rotatable bonds is 6.